The first-order chi connectivity index (χ1) is 14.9. The molecule has 0 bridgehead atoms. The summed E-state index contributed by atoms with van der Waals surface area (Å²) in [5, 5.41) is 5.72. The van der Waals surface area contributed by atoms with Crippen LogP contribution in [-0.4, -0.2) is 42.1 Å². The summed E-state index contributed by atoms with van der Waals surface area (Å²) in [4.78, 5) is 22.8. The lowest BCUT2D eigenvalue weighted by molar-refractivity contribution is -0.153. The van der Waals surface area contributed by atoms with Crippen molar-refractivity contribution in [2.24, 2.45) is 0 Å². The van der Waals surface area contributed by atoms with Crippen LogP contribution in [0.4, 0.5) is 24.7 Å². The molecular weight excluding hydrogens is 411 g/mol. The second kappa shape index (κ2) is 8.76. The lowest BCUT2D eigenvalue weighted by Crippen LogP contribution is -2.28. The lowest BCUT2D eigenvalue weighted by Gasteiger charge is -2.21. The number of rotatable bonds is 4. The third kappa shape index (κ3) is 4.85. The summed E-state index contributed by atoms with van der Waals surface area (Å²) in [5.41, 5.74) is -0.224. The molecule has 2 N–H and O–H groups in total. The third-order valence-corrected chi connectivity index (χ3v) is 4.79. The minimum Gasteiger partial charge on any atom is -0.431 e. The van der Waals surface area contributed by atoms with Gasteiger partial charge in [0, 0.05) is 25.2 Å². The van der Waals surface area contributed by atoms with Crippen molar-refractivity contribution in [3.63, 3.8) is 0 Å². The van der Waals surface area contributed by atoms with E-state index >= 15 is 0 Å². The fourth-order valence-electron chi connectivity index (χ4n) is 3.28. The minimum atomic E-state index is -4.87. The van der Waals surface area contributed by atoms with E-state index < -0.39 is 23.5 Å². The van der Waals surface area contributed by atoms with Gasteiger partial charge in [0.15, 0.2) is 5.69 Å². The van der Waals surface area contributed by atoms with Crippen LogP contribution in [0.3, 0.4) is 0 Å². The average Bonchev–Trinajstić information content (AvgIpc) is 3.06. The van der Waals surface area contributed by atoms with Gasteiger partial charge in [-0.05, 0) is 37.2 Å². The summed E-state index contributed by atoms with van der Waals surface area (Å²) in [6, 6.07) is 11.4. The second-order valence-corrected chi connectivity index (χ2v) is 7.01. The molecular formula is C21H20F3N5O2. The number of oxazole rings is 1. The van der Waals surface area contributed by atoms with Crippen LogP contribution in [0.5, 0.6) is 0 Å². The highest BCUT2D eigenvalue weighted by Gasteiger charge is 2.42. The van der Waals surface area contributed by atoms with Gasteiger partial charge in [-0.2, -0.15) is 13.2 Å². The van der Waals surface area contributed by atoms with Crippen LogP contribution in [0.25, 0.3) is 11.5 Å². The number of anilines is 2. The normalized spacial score (nSPS) is 14.9. The molecule has 3 aromatic rings. The quantitative estimate of drug-likeness (QED) is 0.654. The van der Waals surface area contributed by atoms with Gasteiger partial charge in [0.1, 0.15) is 5.82 Å². The van der Waals surface area contributed by atoms with Crippen LogP contribution in [0.1, 0.15) is 22.7 Å². The number of nitrogens with one attached hydrogen (secondary N) is 2. The summed E-state index contributed by atoms with van der Waals surface area (Å²) >= 11 is 0. The van der Waals surface area contributed by atoms with Gasteiger partial charge in [-0.3, -0.25) is 4.79 Å². The van der Waals surface area contributed by atoms with Gasteiger partial charge in [-0.1, -0.05) is 18.2 Å². The number of nitrogens with zero attached hydrogens (tertiary/aromatic N) is 3. The molecule has 2 aromatic heterocycles. The van der Waals surface area contributed by atoms with E-state index in [-0.39, 0.29) is 11.6 Å². The van der Waals surface area contributed by atoms with Crippen LogP contribution in [0.2, 0.25) is 0 Å². The average molecular weight is 431 g/mol. The predicted octanol–water partition coefficient (Wildman–Crippen LogP) is 3.81. The van der Waals surface area contributed by atoms with Crippen LogP contribution in [0, 0.1) is 0 Å². The number of alkyl halides is 3. The number of aromatic nitrogens is 2. The Hall–Kier alpha value is -3.40. The van der Waals surface area contributed by atoms with Crippen molar-refractivity contribution in [1.82, 2.24) is 15.3 Å². The minimum absolute atomic E-state index is 0.263. The number of carbonyl (C=O) groups excluding carboxylic acids is 1. The van der Waals surface area contributed by atoms with Crippen molar-refractivity contribution >= 4 is 17.4 Å². The van der Waals surface area contributed by atoms with E-state index in [0.29, 0.717) is 5.56 Å². The molecule has 3 heterocycles. The van der Waals surface area contributed by atoms with E-state index in [4.69, 9.17) is 4.42 Å². The van der Waals surface area contributed by atoms with Gasteiger partial charge in [0.25, 0.3) is 5.91 Å². The molecule has 1 aliphatic rings. The molecule has 0 spiro atoms. The van der Waals surface area contributed by atoms with Crippen molar-refractivity contribution in [2.45, 2.75) is 12.6 Å². The predicted molar refractivity (Wildman–Crippen MR) is 109 cm³/mol. The molecule has 10 heteroatoms. The largest absolute Gasteiger partial charge is 0.452 e. The first-order valence-electron chi connectivity index (χ1n) is 9.78. The van der Waals surface area contributed by atoms with E-state index in [9.17, 15) is 18.0 Å². The standard InChI is InChI=1S/C21H20F3N5O2/c22-21(23,24)18-17(28-20(31-18)14-5-2-1-3-6-14)19(30)27-15-7-8-16(26-13-15)29-11-4-9-25-10-12-29/h1-3,5-8,13,25H,4,9-12H2,(H,27,30). The first kappa shape index (κ1) is 20.9. The fraction of sp³-hybridized carbons (Fsp3) is 0.286. The molecule has 0 aliphatic carbocycles. The number of pyridine rings is 1. The lowest BCUT2D eigenvalue weighted by atomic mass is 10.2. The zero-order chi connectivity index (χ0) is 21.8. The van der Waals surface area contributed by atoms with E-state index in [1.165, 1.54) is 6.20 Å². The summed E-state index contributed by atoms with van der Waals surface area (Å²) in [7, 11) is 0. The molecule has 0 unspecified atom stereocenters. The maximum absolute atomic E-state index is 13.4. The molecule has 31 heavy (non-hydrogen) atoms. The number of halogens is 3. The molecule has 7 nitrogen and oxygen atoms in total. The maximum atomic E-state index is 13.4. The molecule has 1 fully saturated rings. The molecule has 0 radical (unpaired) electrons. The van der Waals surface area contributed by atoms with Gasteiger partial charge in [0.2, 0.25) is 11.7 Å². The van der Waals surface area contributed by atoms with Crippen molar-refractivity contribution in [3.8, 4) is 11.5 Å². The molecule has 1 aromatic carbocycles. The Morgan fingerprint density at radius 2 is 1.90 bits per heavy atom. The van der Waals surface area contributed by atoms with Gasteiger partial charge >= 0.3 is 6.18 Å². The Kier molecular flexibility index (Phi) is 5.90. The Morgan fingerprint density at radius 3 is 2.61 bits per heavy atom. The van der Waals surface area contributed by atoms with E-state index in [2.05, 4.69) is 25.5 Å². The Morgan fingerprint density at radius 1 is 1.10 bits per heavy atom. The van der Waals surface area contributed by atoms with Gasteiger partial charge < -0.3 is 20.0 Å². The fourth-order valence-corrected chi connectivity index (χ4v) is 3.28. The molecule has 162 valence electrons. The Labute approximate surface area is 176 Å². The zero-order valence-corrected chi connectivity index (χ0v) is 16.4. The van der Waals surface area contributed by atoms with Crippen LogP contribution < -0.4 is 15.5 Å². The number of amides is 1. The maximum Gasteiger partial charge on any atom is 0.452 e. The molecule has 1 saturated heterocycles. The van der Waals surface area contributed by atoms with Crippen molar-refractivity contribution < 1.29 is 22.4 Å². The van der Waals surface area contributed by atoms with E-state index in [1.54, 1.807) is 42.5 Å². The highest BCUT2D eigenvalue weighted by Crippen LogP contribution is 2.35. The van der Waals surface area contributed by atoms with Crippen LogP contribution in [0.15, 0.2) is 53.1 Å². The summed E-state index contributed by atoms with van der Waals surface area (Å²) < 4.78 is 45.2. The third-order valence-electron chi connectivity index (χ3n) is 4.79. The Balaban J connectivity index is 1.54. The van der Waals surface area contributed by atoms with Crippen molar-refractivity contribution in [2.75, 3.05) is 36.4 Å². The molecule has 4 rings (SSSR count). The summed E-state index contributed by atoms with van der Waals surface area (Å²) in [5.74, 6) is -2.00. The SMILES string of the molecule is O=C(Nc1ccc(N2CCCNCC2)nc1)c1nc(-c2ccccc2)oc1C(F)(F)F. The van der Waals surface area contributed by atoms with Gasteiger partial charge in [0.05, 0.1) is 11.9 Å². The monoisotopic (exact) mass is 431 g/mol. The summed E-state index contributed by atoms with van der Waals surface area (Å²) in [6.45, 7) is 3.43. The van der Waals surface area contributed by atoms with E-state index in [1.807, 2.05) is 0 Å². The molecule has 1 aliphatic heterocycles. The highest BCUT2D eigenvalue weighted by molar-refractivity contribution is 6.04. The van der Waals surface area contributed by atoms with E-state index in [0.717, 1.165) is 38.4 Å². The first-order valence-corrected chi connectivity index (χ1v) is 9.78. The number of carbonyl (C=O) groups is 1. The molecule has 0 saturated carbocycles. The number of hydrogen-bond donors (Lipinski definition) is 2. The molecule has 0 atom stereocenters. The highest BCUT2D eigenvalue weighted by atomic mass is 19.4. The van der Waals surface area contributed by atoms with Gasteiger partial charge in [-0.15, -0.1) is 0 Å². The smallest absolute Gasteiger partial charge is 0.431 e. The van der Waals surface area contributed by atoms with Crippen molar-refractivity contribution in [1.29, 1.82) is 0 Å². The summed E-state index contributed by atoms with van der Waals surface area (Å²) in [6.07, 6.45) is -2.47. The topological polar surface area (TPSA) is 83.3 Å². The van der Waals surface area contributed by atoms with Crippen LogP contribution in [-0.2, 0) is 6.18 Å². The Bertz CT molecular complexity index is 1030. The number of hydrogen-bond acceptors (Lipinski definition) is 6. The van der Waals surface area contributed by atoms with Crippen LogP contribution >= 0.6 is 0 Å². The second-order valence-electron chi connectivity index (χ2n) is 7.01. The van der Waals surface area contributed by atoms with Gasteiger partial charge in [-0.25, -0.2) is 9.97 Å². The molecule has 1 amide bonds. The number of benzene rings is 1. The zero-order valence-electron chi connectivity index (χ0n) is 16.4. The van der Waals surface area contributed by atoms with Crippen molar-refractivity contribution in [3.05, 3.63) is 60.1 Å².